The molecular formula is C20H27FIN3O3. The van der Waals surface area contributed by atoms with Crippen LogP contribution in [0.3, 0.4) is 0 Å². The number of morpholine rings is 1. The molecule has 0 saturated carbocycles. The van der Waals surface area contributed by atoms with Crippen LogP contribution in [0, 0.1) is 5.82 Å². The molecular weight excluding hydrogens is 476 g/mol. The smallest absolute Gasteiger partial charge is 0.194 e. The molecule has 0 bridgehead atoms. The Bertz CT molecular complexity index is 740. The molecule has 3 unspecified atom stereocenters. The van der Waals surface area contributed by atoms with Gasteiger partial charge in [-0.2, -0.15) is 0 Å². The minimum absolute atomic E-state index is 0. The summed E-state index contributed by atoms with van der Waals surface area (Å²) >= 11 is 0. The molecule has 3 rings (SSSR count). The van der Waals surface area contributed by atoms with Gasteiger partial charge in [-0.3, -0.25) is 0 Å². The van der Waals surface area contributed by atoms with Crippen molar-refractivity contribution < 1.29 is 18.7 Å². The van der Waals surface area contributed by atoms with Gasteiger partial charge >= 0.3 is 0 Å². The van der Waals surface area contributed by atoms with Crippen LogP contribution in [0.1, 0.15) is 37.4 Å². The van der Waals surface area contributed by atoms with E-state index in [1.165, 1.54) is 18.4 Å². The largest absolute Gasteiger partial charge is 0.467 e. The highest BCUT2D eigenvalue weighted by molar-refractivity contribution is 14.0. The molecule has 1 aromatic carbocycles. The molecule has 0 aliphatic carbocycles. The van der Waals surface area contributed by atoms with Gasteiger partial charge in [0.1, 0.15) is 23.8 Å². The predicted molar refractivity (Wildman–Crippen MR) is 116 cm³/mol. The van der Waals surface area contributed by atoms with E-state index in [0.29, 0.717) is 31.4 Å². The van der Waals surface area contributed by atoms with E-state index in [0.717, 1.165) is 5.56 Å². The molecule has 1 aliphatic heterocycles. The summed E-state index contributed by atoms with van der Waals surface area (Å²) in [6, 6.07) is 9.86. The summed E-state index contributed by atoms with van der Waals surface area (Å²) in [5.74, 6) is 0.945. The highest BCUT2D eigenvalue weighted by atomic mass is 127. The molecule has 2 aromatic rings. The molecule has 2 heterocycles. The molecule has 0 spiro atoms. The van der Waals surface area contributed by atoms with Gasteiger partial charge in [-0.05, 0) is 43.7 Å². The van der Waals surface area contributed by atoms with Crippen LogP contribution in [0.4, 0.5) is 4.39 Å². The number of rotatable bonds is 5. The van der Waals surface area contributed by atoms with E-state index in [1.54, 1.807) is 24.3 Å². The number of hydrogen-bond donors (Lipinski definition) is 2. The number of halogens is 2. The van der Waals surface area contributed by atoms with Gasteiger partial charge < -0.3 is 24.5 Å². The monoisotopic (exact) mass is 503 g/mol. The average molecular weight is 503 g/mol. The van der Waals surface area contributed by atoms with Crippen LogP contribution < -0.4 is 5.32 Å². The second kappa shape index (κ2) is 10.8. The molecule has 3 atom stereocenters. The summed E-state index contributed by atoms with van der Waals surface area (Å²) in [6.07, 6.45) is 0.561. The minimum Gasteiger partial charge on any atom is -0.467 e. The van der Waals surface area contributed by atoms with Crippen molar-refractivity contribution in [2.75, 3.05) is 26.2 Å². The molecule has 154 valence electrons. The van der Waals surface area contributed by atoms with E-state index in [4.69, 9.17) is 9.15 Å². The van der Waals surface area contributed by atoms with Gasteiger partial charge in [0, 0.05) is 13.1 Å². The van der Waals surface area contributed by atoms with Crippen molar-refractivity contribution in [2.24, 2.45) is 4.99 Å². The maximum Gasteiger partial charge on any atom is 0.194 e. The number of furan rings is 1. The van der Waals surface area contributed by atoms with Crippen molar-refractivity contribution in [1.82, 2.24) is 10.2 Å². The molecule has 0 radical (unpaired) electrons. The van der Waals surface area contributed by atoms with Crippen LogP contribution in [0.15, 0.2) is 52.1 Å². The molecule has 1 aliphatic rings. The SMILES string of the molecule is CCNC(=NCC(O)c1ccco1)N1CC(C)OC(c2ccc(F)cc2)C1.I. The second-order valence-electron chi connectivity index (χ2n) is 6.62. The Morgan fingerprint density at radius 1 is 1.32 bits per heavy atom. The molecule has 2 N–H and O–H groups in total. The first-order chi connectivity index (χ1) is 13.1. The van der Waals surface area contributed by atoms with Crippen molar-refractivity contribution >= 4 is 29.9 Å². The summed E-state index contributed by atoms with van der Waals surface area (Å²) < 4.78 is 24.5. The number of guanidine groups is 1. The van der Waals surface area contributed by atoms with Gasteiger partial charge in [0.25, 0.3) is 0 Å². The number of benzene rings is 1. The first-order valence-electron chi connectivity index (χ1n) is 9.22. The van der Waals surface area contributed by atoms with Crippen LogP contribution in [0.2, 0.25) is 0 Å². The highest BCUT2D eigenvalue weighted by Crippen LogP contribution is 2.25. The number of nitrogens with one attached hydrogen (secondary N) is 1. The number of ether oxygens (including phenoxy) is 1. The standard InChI is InChI=1S/C20H26FN3O3.HI/c1-3-22-20(23-11-17(25)18-5-4-10-26-18)24-12-14(2)27-19(13-24)15-6-8-16(21)9-7-15;/h4-10,14,17,19,25H,3,11-13H2,1-2H3,(H,22,23);1H. The summed E-state index contributed by atoms with van der Waals surface area (Å²) in [5.41, 5.74) is 0.930. The number of aliphatic imine (C=N–C) groups is 1. The van der Waals surface area contributed by atoms with Crippen LogP contribution >= 0.6 is 24.0 Å². The molecule has 1 aromatic heterocycles. The van der Waals surface area contributed by atoms with Crippen molar-refractivity contribution in [3.05, 3.63) is 59.8 Å². The van der Waals surface area contributed by atoms with Gasteiger partial charge in [0.05, 0.1) is 25.5 Å². The fourth-order valence-corrected chi connectivity index (χ4v) is 3.16. The van der Waals surface area contributed by atoms with Gasteiger partial charge in [0.2, 0.25) is 0 Å². The van der Waals surface area contributed by atoms with E-state index in [1.807, 2.05) is 13.8 Å². The molecule has 1 saturated heterocycles. The highest BCUT2D eigenvalue weighted by Gasteiger charge is 2.28. The van der Waals surface area contributed by atoms with E-state index in [9.17, 15) is 9.50 Å². The second-order valence-corrected chi connectivity index (χ2v) is 6.62. The fourth-order valence-electron chi connectivity index (χ4n) is 3.16. The first kappa shape index (κ1) is 22.6. The van der Waals surface area contributed by atoms with Gasteiger partial charge in [-0.15, -0.1) is 24.0 Å². The summed E-state index contributed by atoms with van der Waals surface area (Å²) in [5, 5.41) is 13.5. The lowest BCUT2D eigenvalue weighted by molar-refractivity contribution is -0.0605. The molecule has 6 nitrogen and oxygen atoms in total. The van der Waals surface area contributed by atoms with E-state index in [2.05, 4.69) is 15.2 Å². The number of aliphatic hydroxyl groups excluding tert-OH is 1. The van der Waals surface area contributed by atoms with Crippen molar-refractivity contribution in [3.8, 4) is 0 Å². The quantitative estimate of drug-likeness (QED) is 0.372. The lowest BCUT2D eigenvalue weighted by Gasteiger charge is -2.38. The zero-order chi connectivity index (χ0) is 19.2. The predicted octanol–water partition coefficient (Wildman–Crippen LogP) is 3.50. The molecule has 8 heteroatoms. The van der Waals surface area contributed by atoms with E-state index >= 15 is 0 Å². The van der Waals surface area contributed by atoms with E-state index in [-0.39, 0.29) is 48.5 Å². The maximum atomic E-state index is 13.2. The maximum absolute atomic E-state index is 13.2. The van der Waals surface area contributed by atoms with Crippen molar-refractivity contribution in [2.45, 2.75) is 32.2 Å². The zero-order valence-electron chi connectivity index (χ0n) is 16.0. The summed E-state index contributed by atoms with van der Waals surface area (Å²) in [6.45, 7) is 6.19. The number of nitrogens with zero attached hydrogens (tertiary/aromatic N) is 2. The van der Waals surface area contributed by atoms with Crippen molar-refractivity contribution in [1.29, 1.82) is 0 Å². The van der Waals surface area contributed by atoms with Gasteiger partial charge in [0.15, 0.2) is 5.96 Å². The third kappa shape index (κ3) is 5.92. The Kier molecular flexibility index (Phi) is 8.71. The fraction of sp³-hybridized carbons (Fsp3) is 0.450. The van der Waals surface area contributed by atoms with Gasteiger partial charge in [-0.1, -0.05) is 12.1 Å². The third-order valence-corrected chi connectivity index (χ3v) is 4.42. The van der Waals surface area contributed by atoms with Crippen LogP contribution in [-0.4, -0.2) is 48.2 Å². The topological polar surface area (TPSA) is 70.2 Å². The molecule has 1 fully saturated rings. The zero-order valence-corrected chi connectivity index (χ0v) is 18.4. The molecule has 28 heavy (non-hydrogen) atoms. The Morgan fingerprint density at radius 3 is 2.71 bits per heavy atom. The number of aliphatic hydroxyl groups is 1. The molecule has 0 amide bonds. The van der Waals surface area contributed by atoms with Crippen LogP contribution in [-0.2, 0) is 4.74 Å². The average Bonchev–Trinajstić information content (AvgIpc) is 3.20. The summed E-state index contributed by atoms with van der Waals surface area (Å²) in [7, 11) is 0. The Morgan fingerprint density at radius 2 is 2.07 bits per heavy atom. The Balaban J connectivity index is 0.00000280. The minimum atomic E-state index is -0.792. The van der Waals surface area contributed by atoms with E-state index < -0.39 is 6.10 Å². The van der Waals surface area contributed by atoms with Crippen LogP contribution in [0.5, 0.6) is 0 Å². The number of hydrogen-bond acceptors (Lipinski definition) is 4. The normalized spacial score (nSPS) is 21.1. The lowest BCUT2D eigenvalue weighted by atomic mass is 10.1. The van der Waals surface area contributed by atoms with Crippen LogP contribution in [0.25, 0.3) is 0 Å². The summed E-state index contributed by atoms with van der Waals surface area (Å²) in [4.78, 5) is 6.69. The third-order valence-electron chi connectivity index (χ3n) is 4.42. The Hall–Kier alpha value is -1.65. The van der Waals surface area contributed by atoms with Gasteiger partial charge in [-0.25, -0.2) is 9.38 Å². The first-order valence-corrected chi connectivity index (χ1v) is 9.22. The Labute approximate surface area is 181 Å². The lowest BCUT2D eigenvalue weighted by Crippen LogP contribution is -2.50. The van der Waals surface area contributed by atoms with Crippen molar-refractivity contribution in [3.63, 3.8) is 0 Å².